The molecule has 1 fully saturated rings. The zero-order chi connectivity index (χ0) is 13.1. The Kier molecular flexibility index (Phi) is 3.75. The van der Waals surface area contributed by atoms with Crippen LogP contribution in [0.1, 0.15) is 30.1 Å². The van der Waals surface area contributed by atoms with Crippen molar-refractivity contribution in [1.29, 1.82) is 0 Å². The molecule has 4 nitrogen and oxygen atoms in total. The Labute approximate surface area is 108 Å². The van der Waals surface area contributed by atoms with Crippen molar-refractivity contribution in [2.75, 3.05) is 30.8 Å². The molecule has 0 unspecified atom stereocenters. The van der Waals surface area contributed by atoms with Crippen LogP contribution in [0.2, 0.25) is 0 Å². The summed E-state index contributed by atoms with van der Waals surface area (Å²) in [5.41, 5.74) is 7.92. The van der Waals surface area contributed by atoms with Crippen molar-refractivity contribution in [3.63, 3.8) is 0 Å². The first kappa shape index (κ1) is 12.7. The first-order valence-corrected chi connectivity index (χ1v) is 6.34. The maximum absolute atomic E-state index is 11.4. The van der Waals surface area contributed by atoms with Gasteiger partial charge in [-0.05, 0) is 37.0 Å². The molecule has 0 saturated carbocycles. The van der Waals surface area contributed by atoms with E-state index in [2.05, 4.69) is 16.6 Å². The van der Waals surface area contributed by atoms with Crippen LogP contribution in [0.25, 0.3) is 0 Å². The molecule has 1 aliphatic rings. The lowest BCUT2D eigenvalue weighted by atomic mass is 9.98. The highest BCUT2D eigenvalue weighted by Crippen LogP contribution is 2.26. The number of hydrogen-bond acceptors (Lipinski definition) is 4. The normalized spacial score (nSPS) is 16.7. The number of benzene rings is 1. The number of esters is 1. The molecular weight excluding hydrogens is 228 g/mol. The number of carbonyl (C=O) groups is 1. The van der Waals surface area contributed by atoms with Crippen LogP contribution >= 0.6 is 0 Å². The Balaban J connectivity index is 2.16. The Hall–Kier alpha value is -1.71. The molecule has 1 saturated heterocycles. The van der Waals surface area contributed by atoms with Gasteiger partial charge in [0.1, 0.15) is 0 Å². The van der Waals surface area contributed by atoms with Crippen LogP contribution in [0.4, 0.5) is 11.4 Å². The SMILES string of the molecule is COC(=O)c1ccc(N2CCC(C)CC2)cc1N. The van der Waals surface area contributed by atoms with Crippen LogP contribution in [0.3, 0.4) is 0 Å². The van der Waals surface area contributed by atoms with Crippen LogP contribution in [0, 0.1) is 5.92 Å². The fraction of sp³-hybridized carbons (Fsp3) is 0.500. The molecule has 1 heterocycles. The molecule has 0 amide bonds. The standard InChI is InChI=1S/C14H20N2O2/c1-10-5-7-16(8-6-10)11-3-4-12(13(15)9-11)14(17)18-2/h3-4,9-10H,5-8,15H2,1-2H3. The van der Waals surface area contributed by atoms with E-state index < -0.39 is 0 Å². The summed E-state index contributed by atoms with van der Waals surface area (Å²) in [5.74, 6) is 0.416. The predicted molar refractivity (Wildman–Crippen MR) is 72.8 cm³/mol. The lowest BCUT2D eigenvalue weighted by molar-refractivity contribution is 0.0602. The van der Waals surface area contributed by atoms with Gasteiger partial charge in [-0.1, -0.05) is 6.92 Å². The van der Waals surface area contributed by atoms with Gasteiger partial charge in [-0.3, -0.25) is 0 Å². The minimum atomic E-state index is -0.383. The lowest BCUT2D eigenvalue weighted by Gasteiger charge is -2.32. The molecule has 0 atom stereocenters. The Bertz CT molecular complexity index is 437. The Morgan fingerprint density at radius 3 is 2.61 bits per heavy atom. The van der Waals surface area contributed by atoms with Gasteiger partial charge in [0.05, 0.1) is 12.7 Å². The maximum atomic E-state index is 11.4. The van der Waals surface area contributed by atoms with Crippen molar-refractivity contribution in [2.45, 2.75) is 19.8 Å². The topological polar surface area (TPSA) is 55.6 Å². The zero-order valence-electron chi connectivity index (χ0n) is 11.0. The third-order valence-corrected chi connectivity index (χ3v) is 3.59. The minimum absolute atomic E-state index is 0.383. The van der Waals surface area contributed by atoms with E-state index in [9.17, 15) is 4.79 Å². The second-order valence-electron chi connectivity index (χ2n) is 4.93. The summed E-state index contributed by atoms with van der Waals surface area (Å²) in [6.45, 7) is 4.39. The van der Waals surface area contributed by atoms with Crippen molar-refractivity contribution < 1.29 is 9.53 Å². The van der Waals surface area contributed by atoms with Gasteiger partial charge in [-0.2, -0.15) is 0 Å². The van der Waals surface area contributed by atoms with Crippen molar-refractivity contribution >= 4 is 17.3 Å². The van der Waals surface area contributed by atoms with Crippen LogP contribution in [0.15, 0.2) is 18.2 Å². The molecule has 1 aliphatic heterocycles. The van der Waals surface area contributed by atoms with Crippen LogP contribution < -0.4 is 10.6 Å². The third-order valence-electron chi connectivity index (χ3n) is 3.59. The summed E-state index contributed by atoms with van der Waals surface area (Å²) >= 11 is 0. The van der Waals surface area contributed by atoms with E-state index in [0.717, 1.165) is 24.7 Å². The van der Waals surface area contributed by atoms with E-state index >= 15 is 0 Å². The number of nitrogens with zero attached hydrogens (tertiary/aromatic N) is 1. The van der Waals surface area contributed by atoms with Gasteiger partial charge < -0.3 is 15.4 Å². The average Bonchev–Trinajstić information content (AvgIpc) is 2.38. The number of nitrogen functional groups attached to an aromatic ring is 1. The summed E-state index contributed by atoms with van der Waals surface area (Å²) in [7, 11) is 1.36. The highest BCUT2D eigenvalue weighted by Gasteiger charge is 2.17. The van der Waals surface area contributed by atoms with Gasteiger partial charge in [0, 0.05) is 24.5 Å². The molecule has 4 heteroatoms. The van der Waals surface area contributed by atoms with Gasteiger partial charge in [-0.15, -0.1) is 0 Å². The Morgan fingerprint density at radius 2 is 2.06 bits per heavy atom. The van der Waals surface area contributed by atoms with E-state index in [1.165, 1.54) is 20.0 Å². The maximum Gasteiger partial charge on any atom is 0.339 e. The van der Waals surface area contributed by atoms with Crippen molar-refractivity contribution in [2.24, 2.45) is 5.92 Å². The molecular formula is C14H20N2O2. The van der Waals surface area contributed by atoms with E-state index in [4.69, 9.17) is 5.73 Å². The number of carbonyl (C=O) groups excluding carboxylic acids is 1. The second-order valence-corrected chi connectivity index (χ2v) is 4.93. The summed E-state index contributed by atoms with van der Waals surface area (Å²) < 4.78 is 4.68. The molecule has 18 heavy (non-hydrogen) atoms. The molecule has 2 N–H and O–H groups in total. The number of rotatable bonds is 2. The van der Waals surface area contributed by atoms with Crippen LogP contribution in [-0.2, 0) is 4.74 Å². The van der Waals surface area contributed by atoms with Crippen LogP contribution in [-0.4, -0.2) is 26.2 Å². The van der Waals surface area contributed by atoms with E-state index in [-0.39, 0.29) is 5.97 Å². The highest BCUT2D eigenvalue weighted by molar-refractivity contribution is 5.95. The fourth-order valence-electron chi connectivity index (χ4n) is 2.31. The average molecular weight is 248 g/mol. The molecule has 0 spiro atoms. The largest absolute Gasteiger partial charge is 0.465 e. The van der Waals surface area contributed by atoms with Gasteiger partial charge in [0.25, 0.3) is 0 Å². The summed E-state index contributed by atoms with van der Waals surface area (Å²) in [6, 6.07) is 5.55. The molecule has 98 valence electrons. The summed E-state index contributed by atoms with van der Waals surface area (Å²) in [5, 5.41) is 0. The molecule has 0 aromatic heterocycles. The van der Waals surface area contributed by atoms with Gasteiger partial charge in [-0.25, -0.2) is 4.79 Å². The van der Waals surface area contributed by atoms with Gasteiger partial charge in [0.15, 0.2) is 0 Å². The van der Waals surface area contributed by atoms with Crippen molar-refractivity contribution in [1.82, 2.24) is 0 Å². The van der Waals surface area contributed by atoms with Gasteiger partial charge in [0.2, 0.25) is 0 Å². The van der Waals surface area contributed by atoms with Crippen molar-refractivity contribution in [3.8, 4) is 0 Å². The van der Waals surface area contributed by atoms with Gasteiger partial charge >= 0.3 is 5.97 Å². The number of methoxy groups -OCH3 is 1. The zero-order valence-corrected chi connectivity index (χ0v) is 11.0. The summed E-state index contributed by atoms with van der Waals surface area (Å²) in [4.78, 5) is 13.8. The van der Waals surface area contributed by atoms with Crippen LogP contribution in [0.5, 0.6) is 0 Å². The number of anilines is 2. The number of nitrogens with two attached hydrogens (primary N) is 1. The molecule has 2 rings (SSSR count). The quantitative estimate of drug-likeness (QED) is 0.644. The van der Waals surface area contributed by atoms with E-state index in [1.54, 1.807) is 6.07 Å². The number of piperidine rings is 1. The Morgan fingerprint density at radius 1 is 1.39 bits per heavy atom. The molecule has 0 aliphatic carbocycles. The first-order chi connectivity index (χ1) is 8.61. The molecule has 1 aromatic rings. The summed E-state index contributed by atoms with van der Waals surface area (Å²) in [6.07, 6.45) is 2.41. The molecule has 1 aromatic carbocycles. The highest BCUT2D eigenvalue weighted by atomic mass is 16.5. The molecule has 0 bridgehead atoms. The van der Waals surface area contributed by atoms with Crippen molar-refractivity contribution in [3.05, 3.63) is 23.8 Å². The van der Waals surface area contributed by atoms with E-state index in [1.807, 2.05) is 12.1 Å². The number of hydrogen-bond donors (Lipinski definition) is 1. The number of ether oxygens (including phenoxy) is 1. The lowest BCUT2D eigenvalue weighted by Crippen LogP contribution is -2.32. The second kappa shape index (κ2) is 5.29. The van der Waals surface area contributed by atoms with E-state index in [0.29, 0.717) is 11.3 Å². The monoisotopic (exact) mass is 248 g/mol. The third kappa shape index (κ3) is 2.58. The minimum Gasteiger partial charge on any atom is -0.465 e. The molecule has 0 radical (unpaired) electrons. The first-order valence-electron chi connectivity index (χ1n) is 6.34. The predicted octanol–water partition coefficient (Wildman–Crippen LogP) is 2.29. The fourth-order valence-corrected chi connectivity index (χ4v) is 2.31. The smallest absolute Gasteiger partial charge is 0.339 e.